The molecule has 2 aliphatic heterocycles. The van der Waals surface area contributed by atoms with Crippen molar-refractivity contribution < 1.29 is 14.3 Å². The van der Waals surface area contributed by atoms with Gasteiger partial charge in [-0.3, -0.25) is 19.3 Å². The van der Waals surface area contributed by atoms with Crippen LogP contribution in [-0.2, 0) is 23.1 Å². The average molecular weight is 370 g/mol. The molecule has 2 aromatic rings. The lowest BCUT2D eigenvalue weighted by atomic mass is 9.98. The Bertz CT molecular complexity index is 824. The van der Waals surface area contributed by atoms with Gasteiger partial charge < -0.3 is 15.0 Å². The normalized spacial score (nSPS) is 24.5. The van der Waals surface area contributed by atoms with E-state index in [2.05, 4.69) is 20.4 Å². The molecule has 2 aromatic heterocycles. The summed E-state index contributed by atoms with van der Waals surface area (Å²) in [5.74, 6) is -0.0888. The monoisotopic (exact) mass is 370 g/mol. The van der Waals surface area contributed by atoms with Crippen LogP contribution in [0, 0.1) is 0 Å². The summed E-state index contributed by atoms with van der Waals surface area (Å²) in [6.07, 6.45) is 6.36. The van der Waals surface area contributed by atoms with Gasteiger partial charge >= 0.3 is 0 Å². The number of rotatable bonds is 4. The van der Waals surface area contributed by atoms with Crippen molar-refractivity contribution >= 4 is 11.8 Å². The third-order valence-electron chi connectivity index (χ3n) is 5.08. The summed E-state index contributed by atoms with van der Waals surface area (Å²) in [5, 5.41) is 7.00. The number of nitrogens with zero attached hydrogens (tertiary/aromatic N) is 5. The van der Waals surface area contributed by atoms with E-state index in [4.69, 9.17) is 4.74 Å². The zero-order chi connectivity index (χ0) is 18.8. The third-order valence-corrected chi connectivity index (χ3v) is 5.08. The molecule has 9 nitrogen and oxygen atoms in total. The Hall–Kier alpha value is -2.81. The number of hydrogen-bond acceptors (Lipinski definition) is 6. The molecule has 4 rings (SSSR count). The number of carbonyl (C=O) groups is 2. The van der Waals surface area contributed by atoms with Crippen molar-refractivity contribution in [1.29, 1.82) is 0 Å². The van der Waals surface area contributed by atoms with Gasteiger partial charge in [-0.25, -0.2) is 4.98 Å². The summed E-state index contributed by atoms with van der Waals surface area (Å²) in [6, 6.07) is 3.73. The van der Waals surface area contributed by atoms with E-state index in [1.807, 2.05) is 12.1 Å². The van der Waals surface area contributed by atoms with Gasteiger partial charge in [0.2, 0.25) is 11.7 Å². The number of pyridine rings is 1. The van der Waals surface area contributed by atoms with Crippen LogP contribution in [0.2, 0.25) is 0 Å². The molecule has 0 bridgehead atoms. The van der Waals surface area contributed by atoms with Crippen molar-refractivity contribution in [3.63, 3.8) is 0 Å². The molecule has 0 saturated carbocycles. The molecule has 0 aliphatic carbocycles. The highest BCUT2D eigenvalue weighted by Crippen LogP contribution is 2.32. The predicted octanol–water partition coefficient (Wildman–Crippen LogP) is 0.289. The van der Waals surface area contributed by atoms with Crippen LogP contribution < -0.4 is 5.32 Å². The summed E-state index contributed by atoms with van der Waals surface area (Å²) in [4.78, 5) is 34.9. The fourth-order valence-electron chi connectivity index (χ4n) is 3.74. The molecule has 0 spiro atoms. The minimum absolute atomic E-state index is 0.0244. The summed E-state index contributed by atoms with van der Waals surface area (Å²) in [7, 11) is 1.73. The number of fused-ring (bicyclic) bond motifs is 1. The van der Waals surface area contributed by atoms with Gasteiger partial charge in [-0.15, -0.1) is 5.10 Å². The summed E-state index contributed by atoms with van der Waals surface area (Å²) in [5.41, 5.74) is 0.944. The van der Waals surface area contributed by atoms with Gasteiger partial charge in [0, 0.05) is 32.5 Å². The lowest BCUT2D eigenvalue weighted by Crippen LogP contribution is -2.49. The Balaban J connectivity index is 1.33. The Morgan fingerprint density at radius 3 is 2.96 bits per heavy atom. The van der Waals surface area contributed by atoms with Crippen molar-refractivity contribution in [2.75, 3.05) is 6.54 Å². The van der Waals surface area contributed by atoms with Gasteiger partial charge in [0.15, 0.2) is 0 Å². The van der Waals surface area contributed by atoms with E-state index in [0.29, 0.717) is 19.5 Å². The number of likely N-dealkylation sites (tertiary alicyclic amines) is 1. The largest absolute Gasteiger partial charge is 0.363 e. The highest BCUT2D eigenvalue weighted by Gasteiger charge is 2.44. The molecule has 2 aliphatic rings. The van der Waals surface area contributed by atoms with Crippen LogP contribution in [-0.4, -0.2) is 61.3 Å². The van der Waals surface area contributed by atoms with E-state index < -0.39 is 6.10 Å². The SMILES string of the molecule is Cn1cnc(C(=O)N2CC[C@H]3O[C@@H](C(=O)NCc4cccnc4)CC[C@H]32)n1. The van der Waals surface area contributed by atoms with E-state index in [9.17, 15) is 9.59 Å². The number of aromatic nitrogens is 4. The first-order valence-electron chi connectivity index (χ1n) is 9.10. The van der Waals surface area contributed by atoms with Crippen molar-refractivity contribution in [1.82, 2.24) is 30.0 Å². The minimum atomic E-state index is -0.481. The van der Waals surface area contributed by atoms with E-state index >= 15 is 0 Å². The van der Waals surface area contributed by atoms with Crippen molar-refractivity contribution in [2.24, 2.45) is 7.05 Å². The van der Waals surface area contributed by atoms with Crippen LogP contribution in [0.4, 0.5) is 0 Å². The molecule has 0 aromatic carbocycles. The first-order valence-corrected chi connectivity index (χ1v) is 9.10. The fourth-order valence-corrected chi connectivity index (χ4v) is 3.74. The maximum Gasteiger partial charge on any atom is 0.293 e. The van der Waals surface area contributed by atoms with Crippen LogP contribution in [0.15, 0.2) is 30.9 Å². The second-order valence-corrected chi connectivity index (χ2v) is 6.92. The van der Waals surface area contributed by atoms with E-state index in [1.165, 1.54) is 11.0 Å². The van der Waals surface area contributed by atoms with Crippen molar-refractivity contribution in [2.45, 2.75) is 44.1 Å². The zero-order valence-electron chi connectivity index (χ0n) is 15.1. The maximum atomic E-state index is 12.6. The molecule has 3 atom stereocenters. The van der Waals surface area contributed by atoms with Gasteiger partial charge in [0.25, 0.3) is 5.91 Å². The lowest BCUT2D eigenvalue weighted by molar-refractivity contribution is -0.143. The van der Waals surface area contributed by atoms with Gasteiger partial charge in [-0.1, -0.05) is 6.07 Å². The van der Waals surface area contributed by atoms with Crippen molar-refractivity contribution in [3.05, 3.63) is 42.2 Å². The second kappa shape index (κ2) is 7.43. The van der Waals surface area contributed by atoms with Crippen LogP contribution in [0.1, 0.15) is 35.4 Å². The topological polar surface area (TPSA) is 102 Å². The van der Waals surface area contributed by atoms with E-state index in [0.717, 1.165) is 18.4 Å². The molecule has 2 fully saturated rings. The predicted molar refractivity (Wildman–Crippen MR) is 94.4 cm³/mol. The van der Waals surface area contributed by atoms with Gasteiger partial charge in [-0.05, 0) is 30.9 Å². The molecule has 2 saturated heterocycles. The molecular weight excluding hydrogens is 348 g/mol. The number of amides is 2. The zero-order valence-corrected chi connectivity index (χ0v) is 15.1. The van der Waals surface area contributed by atoms with Crippen molar-refractivity contribution in [3.8, 4) is 0 Å². The molecule has 0 unspecified atom stereocenters. The number of ether oxygens (including phenoxy) is 1. The van der Waals surface area contributed by atoms with Gasteiger partial charge in [-0.2, -0.15) is 0 Å². The molecule has 27 heavy (non-hydrogen) atoms. The Kier molecular flexibility index (Phi) is 4.85. The van der Waals surface area contributed by atoms with Gasteiger partial charge in [0.05, 0.1) is 12.1 Å². The van der Waals surface area contributed by atoms with E-state index in [-0.39, 0.29) is 29.8 Å². The molecular formula is C18H22N6O3. The van der Waals surface area contributed by atoms with E-state index in [1.54, 1.807) is 24.3 Å². The fraction of sp³-hybridized carbons (Fsp3) is 0.500. The summed E-state index contributed by atoms with van der Waals surface area (Å²) in [6.45, 7) is 1.02. The quantitative estimate of drug-likeness (QED) is 0.830. The Morgan fingerprint density at radius 1 is 1.33 bits per heavy atom. The number of carbonyl (C=O) groups excluding carboxylic acids is 2. The van der Waals surface area contributed by atoms with Crippen LogP contribution in [0.5, 0.6) is 0 Å². The maximum absolute atomic E-state index is 12.6. The summed E-state index contributed by atoms with van der Waals surface area (Å²) >= 11 is 0. The molecule has 9 heteroatoms. The Labute approximate surface area is 156 Å². The van der Waals surface area contributed by atoms with Gasteiger partial charge in [0.1, 0.15) is 12.4 Å². The lowest BCUT2D eigenvalue weighted by Gasteiger charge is -2.35. The molecule has 142 valence electrons. The third kappa shape index (κ3) is 3.68. The average Bonchev–Trinajstić information content (AvgIpc) is 3.32. The number of aryl methyl sites for hydroxylation is 1. The molecule has 0 radical (unpaired) electrons. The highest BCUT2D eigenvalue weighted by atomic mass is 16.5. The molecule has 2 amide bonds. The standard InChI is InChI=1S/C18H22N6O3/c1-23-11-21-16(22-23)18(26)24-8-6-14-13(24)4-5-15(27-14)17(25)20-10-12-3-2-7-19-9-12/h2-3,7,9,11,13-15H,4-6,8,10H2,1H3,(H,20,25)/t13-,14-,15-/m1/s1. The van der Waals surface area contributed by atoms with Crippen LogP contribution >= 0.6 is 0 Å². The molecule has 1 N–H and O–H groups in total. The first-order chi connectivity index (χ1) is 13.1. The smallest absolute Gasteiger partial charge is 0.293 e. The first kappa shape index (κ1) is 17.6. The highest BCUT2D eigenvalue weighted by molar-refractivity contribution is 5.91. The number of nitrogens with one attached hydrogen (secondary N) is 1. The van der Waals surface area contributed by atoms with Crippen LogP contribution in [0.25, 0.3) is 0 Å². The van der Waals surface area contributed by atoms with Crippen LogP contribution in [0.3, 0.4) is 0 Å². The second-order valence-electron chi connectivity index (χ2n) is 6.92. The Morgan fingerprint density at radius 2 is 2.22 bits per heavy atom. The number of hydrogen-bond donors (Lipinski definition) is 1. The molecule has 4 heterocycles. The summed E-state index contributed by atoms with van der Waals surface area (Å²) < 4.78 is 7.53. The minimum Gasteiger partial charge on any atom is -0.363 e.